The molecular formula is C9H11BrFNO. The van der Waals surface area contributed by atoms with Gasteiger partial charge in [0.15, 0.2) is 0 Å². The first kappa shape index (κ1) is 10.6. The highest BCUT2D eigenvalue weighted by Gasteiger charge is 2.07. The van der Waals surface area contributed by atoms with Gasteiger partial charge in [0, 0.05) is 17.4 Å². The molecule has 0 aliphatic heterocycles. The van der Waals surface area contributed by atoms with Gasteiger partial charge in [0.05, 0.1) is 6.10 Å². The minimum absolute atomic E-state index is 0.145. The van der Waals surface area contributed by atoms with Gasteiger partial charge in [-0.25, -0.2) is 4.39 Å². The quantitative estimate of drug-likeness (QED) is 0.850. The highest BCUT2D eigenvalue weighted by atomic mass is 79.9. The van der Waals surface area contributed by atoms with Crippen LogP contribution in [0.4, 0.5) is 4.39 Å². The van der Waals surface area contributed by atoms with Gasteiger partial charge in [-0.3, -0.25) is 0 Å². The lowest BCUT2D eigenvalue weighted by atomic mass is 10.1. The molecule has 1 rings (SSSR count). The van der Waals surface area contributed by atoms with Gasteiger partial charge >= 0.3 is 0 Å². The third-order valence-electron chi connectivity index (χ3n) is 1.74. The fourth-order valence-corrected chi connectivity index (χ4v) is 1.45. The summed E-state index contributed by atoms with van der Waals surface area (Å²) in [5, 5.41) is 9.22. The van der Waals surface area contributed by atoms with E-state index in [1.807, 2.05) is 0 Å². The Labute approximate surface area is 84.7 Å². The molecule has 2 nitrogen and oxygen atoms in total. The molecule has 4 heteroatoms. The van der Waals surface area contributed by atoms with E-state index in [4.69, 9.17) is 5.73 Å². The van der Waals surface area contributed by atoms with Gasteiger partial charge in [0.2, 0.25) is 0 Å². The zero-order chi connectivity index (χ0) is 9.84. The first-order valence-corrected chi connectivity index (χ1v) is 4.75. The van der Waals surface area contributed by atoms with E-state index in [-0.39, 0.29) is 18.8 Å². The van der Waals surface area contributed by atoms with Crippen LogP contribution in [-0.4, -0.2) is 17.8 Å². The number of aliphatic hydroxyl groups excluding tert-OH is 1. The van der Waals surface area contributed by atoms with Gasteiger partial charge in [-0.2, -0.15) is 0 Å². The van der Waals surface area contributed by atoms with Crippen molar-refractivity contribution in [2.75, 3.05) is 6.54 Å². The van der Waals surface area contributed by atoms with Crippen molar-refractivity contribution in [2.24, 2.45) is 5.73 Å². The molecule has 3 N–H and O–H groups in total. The van der Waals surface area contributed by atoms with Crippen molar-refractivity contribution in [3.63, 3.8) is 0 Å². The zero-order valence-electron chi connectivity index (χ0n) is 7.00. The molecular weight excluding hydrogens is 237 g/mol. The second-order valence-electron chi connectivity index (χ2n) is 2.83. The maximum atomic E-state index is 13.1. The Morgan fingerprint density at radius 2 is 2.23 bits per heavy atom. The largest absolute Gasteiger partial charge is 0.391 e. The van der Waals surface area contributed by atoms with Crippen LogP contribution in [0.1, 0.15) is 5.56 Å². The third kappa shape index (κ3) is 3.06. The molecule has 1 unspecified atom stereocenters. The molecule has 0 aliphatic rings. The van der Waals surface area contributed by atoms with Gasteiger partial charge in [-0.15, -0.1) is 0 Å². The van der Waals surface area contributed by atoms with Crippen molar-refractivity contribution in [2.45, 2.75) is 12.5 Å². The van der Waals surface area contributed by atoms with Crippen LogP contribution in [0.5, 0.6) is 0 Å². The summed E-state index contributed by atoms with van der Waals surface area (Å²) in [6.07, 6.45) is -0.425. The van der Waals surface area contributed by atoms with E-state index in [9.17, 15) is 9.50 Å². The second-order valence-corrected chi connectivity index (χ2v) is 3.75. The summed E-state index contributed by atoms with van der Waals surface area (Å²) in [7, 11) is 0. The van der Waals surface area contributed by atoms with E-state index < -0.39 is 6.10 Å². The van der Waals surface area contributed by atoms with Crippen LogP contribution in [0.2, 0.25) is 0 Å². The van der Waals surface area contributed by atoms with Crippen molar-refractivity contribution in [3.8, 4) is 0 Å². The average Bonchev–Trinajstić information content (AvgIpc) is 2.11. The van der Waals surface area contributed by atoms with Gasteiger partial charge in [0.25, 0.3) is 0 Å². The Balaban J connectivity index is 2.81. The lowest BCUT2D eigenvalue weighted by molar-refractivity contribution is 0.182. The fourth-order valence-electron chi connectivity index (χ4n) is 1.04. The zero-order valence-corrected chi connectivity index (χ0v) is 8.59. The molecule has 0 bridgehead atoms. The van der Waals surface area contributed by atoms with Crippen LogP contribution >= 0.6 is 15.9 Å². The number of hydrogen-bond acceptors (Lipinski definition) is 2. The van der Waals surface area contributed by atoms with Gasteiger partial charge in [0.1, 0.15) is 5.82 Å². The molecule has 0 radical (unpaired) electrons. The normalized spacial score (nSPS) is 12.9. The van der Waals surface area contributed by atoms with Crippen molar-refractivity contribution in [1.82, 2.24) is 0 Å². The lowest BCUT2D eigenvalue weighted by Crippen LogP contribution is -2.22. The number of benzene rings is 1. The monoisotopic (exact) mass is 247 g/mol. The van der Waals surface area contributed by atoms with E-state index in [0.717, 1.165) is 4.47 Å². The predicted molar refractivity (Wildman–Crippen MR) is 52.9 cm³/mol. The van der Waals surface area contributed by atoms with E-state index in [2.05, 4.69) is 15.9 Å². The van der Waals surface area contributed by atoms with Crippen molar-refractivity contribution >= 4 is 15.9 Å². The summed E-state index contributed by atoms with van der Waals surface area (Å²) in [6.45, 7) is 0.145. The molecule has 0 aromatic heterocycles. The molecule has 0 aliphatic carbocycles. The number of aliphatic hydroxyl groups is 1. The SMILES string of the molecule is NCC(O)Cc1cc(Br)ccc1F. The molecule has 0 saturated carbocycles. The predicted octanol–water partition coefficient (Wildman–Crippen LogP) is 1.45. The van der Waals surface area contributed by atoms with Gasteiger partial charge < -0.3 is 10.8 Å². The third-order valence-corrected chi connectivity index (χ3v) is 2.23. The highest BCUT2D eigenvalue weighted by Crippen LogP contribution is 2.16. The molecule has 0 amide bonds. The number of hydrogen-bond donors (Lipinski definition) is 2. The maximum absolute atomic E-state index is 13.1. The summed E-state index contributed by atoms with van der Waals surface area (Å²) >= 11 is 3.23. The maximum Gasteiger partial charge on any atom is 0.126 e. The number of halogens is 2. The fraction of sp³-hybridized carbons (Fsp3) is 0.333. The Morgan fingerprint density at radius 3 is 2.85 bits per heavy atom. The van der Waals surface area contributed by atoms with E-state index in [0.29, 0.717) is 5.56 Å². The molecule has 1 aromatic carbocycles. The van der Waals surface area contributed by atoms with Crippen LogP contribution in [-0.2, 0) is 6.42 Å². The second kappa shape index (κ2) is 4.69. The summed E-state index contributed by atoms with van der Waals surface area (Å²) < 4.78 is 13.9. The van der Waals surface area contributed by atoms with Crippen LogP contribution in [0.15, 0.2) is 22.7 Å². The number of nitrogens with two attached hydrogens (primary N) is 1. The van der Waals surface area contributed by atoms with Crippen LogP contribution in [0.3, 0.4) is 0 Å². The minimum Gasteiger partial charge on any atom is -0.391 e. The molecule has 0 saturated heterocycles. The van der Waals surface area contributed by atoms with Crippen LogP contribution in [0, 0.1) is 5.82 Å². The van der Waals surface area contributed by atoms with E-state index >= 15 is 0 Å². The Hall–Kier alpha value is -0.450. The topological polar surface area (TPSA) is 46.2 Å². The van der Waals surface area contributed by atoms with E-state index in [1.54, 1.807) is 12.1 Å². The summed E-state index contributed by atoms with van der Waals surface area (Å²) in [4.78, 5) is 0. The Kier molecular flexibility index (Phi) is 3.84. The first-order valence-electron chi connectivity index (χ1n) is 3.95. The standard InChI is InChI=1S/C9H11BrFNO/c10-7-1-2-9(11)6(3-7)4-8(13)5-12/h1-3,8,13H,4-5,12H2. The number of rotatable bonds is 3. The molecule has 0 spiro atoms. The summed E-state index contributed by atoms with van der Waals surface area (Å²) in [5.74, 6) is -0.310. The Morgan fingerprint density at radius 1 is 1.54 bits per heavy atom. The van der Waals surface area contributed by atoms with Crippen LogP contribution < -0.4 is 5.73 Å². The van der Waals surface area contributed by atoms with E-state index in [1.165, 1.54) is 6.07 Å². The van der Waals surface area contributed by atoms with Crippen molar-refractivity contribution < 1.29 is 9.50 Å². The minimum atomic E-state index is -0.677. The Bertz CT molecular complexity index is 293. The molecule has 0 heterocycles. The molecule has 1 atom stereocenters. The average molecular weight is 248 g/mol. The summed E-state index contributed by atoms with van der Waals surface area (Å²) in [5.41, 5.74) is 5.70. The van der Waals surface area contributed by atoms with Crippen molar-refractivity contribution in [1.29, 1.82) is 0 Å². The van der Waals surface area contributed by atoms with Gasteiger partial charge in [-0.05, 0) is 23.8 Å². The first-order chi connectivity index (χ1) is 6.13. The van der Waals surface area contributed by atoms with Gasteiger partial charge in [-0.1, -0.05) is 15.9 Å². The van der Waals surface area contributed by atoms with Crippen LogP contribution in [0.25, 0.3) is 0 Å². The molecule has 13 heavy (non-hydrogen) atoms. The smallest absolute Gasteiger partial charge is 0.126 e. The summed E-state index contributed by atoms with van der Waals surface area (Å²) in [6, 6.07) is 4.63. The molecule has 0 fully saturated rings. The molecule has 72 valence electrons. The molecule has 1 aromatic rings. The highest BCUT2D eigenvalue weighted by molar-refractivity contribution is 9.10. The lowest BCUT2D eigenvalue weighted by Gasteiger charge is -2.08. The van der Waals surface area contributed by atoms with Crippen molar-refractivity contribution in [3.05, 3.63) is 34.1 Å².